The summed E-state index contributed by atoms with van der Waals surface area (Å²) in [5.74, 6) is 0. The molecule has 18 heavy (non-hydrogen) atoms. The topological polar surface area (TPSA) is 87.8 Å². The number of aryl methyl sites for hydroxylation is 2. The van der Waals surface area contributed by atoms with Gasteiger partial charge in [-0.2, -0.15) is 5.10 Å². The first-order valence-corrected chi connectivity index (χ1v) is 5.60. The van der Waals surface area contributed by atoms with Crippen LogP contribution in [-0.2, 0) is 20.1 Å². The van der Waals surface area contributed by atoms with Gasteiger partial charge in [0, 0.05) is 31.5 Å². The van der Waals surface area contributed by atoms with E-state index in [0.29, 0.717) is 6.54 Å². The molecule has 0 amide bonds. The molecule has 2 aromatic rings. The van der Waals surface area contributed by atoms with E-state index in [-0.39, 0.29) is 17.9 Å². The zero-order valence-electron chi connectivity index (χ0n) is 10.3. The van der Waals surface area contributed by atoms with Gasteiger partial charge in [0.2, 0.25) is 0 Å². The maximum Gasteiger partial charge on any atom is 0.331 e. The lowest BCUT2D eigenvalue weighted by molar-refractivity contribution is 0.603. The first-order valence-electron chi connectivity index (χ1n) is 5.60. The van der Waals surface area contributed by atoms with Gasteiger partial charge >= 0.3 is 5.69 Å². The van der Waals surface area contributed by atoms with E-state index < -0.39 is 5.56 Å². The molecule has 0 aromatic carbocycles. The highest BCUT2D eigenvalue weighted by molar-refractivity contribution is 5.31. The number of nitrogen functional groups attached to an aromatic ring is 1. The van der Waals surface area contributed by atoms with Gasteiger partial charge in [0.15, 0.2) is 0 Å². The Kier molecular flexibility index (Phi) is 3.05. The molecule has 0 fully saturated rings. The maximum atomic E-state index is 12.0. The minimum absolute atomic E-state index is 0.0698. The van der Waals surface area contributed by atoms with Gasteiger partial charge in [-0.3, -0.25) is 18.6 Å². The summed E-state index contributed by atoms with van der Waals surface area (Å²) in [6.07, 6.45) is 4.75. The average Bonchev–Trinajstić information content (AvgIpc) is 2.75. The Bertz CT molecular complexity index is 679. The lowest BCUT2D eigenvalue weighted by Crippen LogP contribution is -2.40. The molecule has 0 saturated heterocycles. The molecule has 2 N–H and O–H groups in total. The highest BCUT2D eigenvalue weighted by Crippen LogP contribution is 1.98. The number of nitrogens with zero attached hydrogens (tertiary/aromatic N) is 4. The third-order valence-electron chi connectivity index (χ3n) is 2.70. The number of hydrogen-bond acceptors (Lipinski definition) is 4. The summed E-state index contributed by atoms with van der Waals surface area (Å²) in [7, 11) is 1.77. The molecule has 96 valence electrons. The van der Waals surface area contributed by atoms with Gasteiger partial charge in [-0.1, -0.05) is 0 Å². The van der Waals surface area contributed by atoms with Crippen molar-refractivity contribution in [3.05, 3.63) is 45.0 Å². The van der Waals surface area contributed by atoms with Gasteiger partial charge in [-0.05, 0) is 6.92 Å². The van der Waals surface area contributed by atoms with Crippen LogP contribution in [0.2, 0.25) is 0 Å². The van der Waals surface area contributed by atoms with Gasteiger partial charge in [0.1, 0.15) is 5.69 Å². The summed E-state index contributed by atoms with van der Waals surface area (Å²) < 4.78 is 4.15. The van der Waals surface area contributed by atoms with Crippen LogP contribution in [-0.4, -0.2) is 18.9 Å². The molecule has 7 heteroatoms. The average molecular weight is 249 g/mol. The van der Waals surface area contributed by atoms with Crippen molar-refractivity contribution >= 4 is 5.69 Å². The molecule has 0 radical (unpaired) electrons. The second kappa shape index (κ2) is 4.52. The second-order valence-electron chi connectivity index (χ2n) is 4.07. The number of nitrogens with two attached hydrogens (primary N) is 1. The number of rotatable bonds is 3. The van der Waals surface area contributed by atoms with E-state index in [0.717, 1.165) is 10.1 Å². The Morgan fingerprint density at radius 2 is 2.06 bits per heavy atom. The first kappa shape index (κ1) is 12.2. The van der Waals surface area contributed by atoms with Crippen molar-refractivity contribution in [2.75, 3.05) is 5.73 Å². The predicted molar refractivity (Wildman–Crippen MR) is 67.4 cm³/mol. The fraction of sp³-hybridized carbons (Fsp3) is 0.364. The van der Waals surface area contributed by atoms with Crippen LogP contribution >= 0.6 is 0 Å². The molecule has 0 atom stereocenters. The van der Waals surface area contributed by atoms with Crippen molar-refractivity contribution in [1.82, 2.24) is 18.9 Å². The quantitative estimate of drug-likeness (QED) is 0.786. The molecule has 7 nitrogen and oxygen atoms in total. The second-order valence-corrected chi connectivity index (χ2v) is 4.07. The molecule has 0 saturated carbocycles. The van der Waals surface area contributed by atoms with E-state index in [4.69, 9.17) is 5.73 Å². The first-order chi connectivity index (χ1) is 8.52. The molecule has 0 bridgehead atoms. The molecular weight excluding hydrogens is 234 g/mol. The van der Waals surface area contributed by atoms with E-state index in [1.54, 1.807) is 24.1 Å². The van der Waals surface area contributed by atoms with E-state index in [1.807, 2.05) is 6.92 Å². The predicted octanol–water partition coefficient (Wildman–Crippen LogP) is -0.606. The Labute approximate surface area is 103 Å². The van der Waals surface area contributed by atoms with Crippen LogP contribution in [0.15, 0.2) is 28.2 Å². The monoisotopic (exact) mass is 249 g/mol. The highest BCUT2D eigenvalue weighted by atomic mass is 16.2. The smallest absolute Gasteiger partial charge is 0.331 e. The number of hydrogen-bond donors (Lipinski definition) is 1. The SMILES string of the molecule is CCn1cc(N)c(=O)n(Cc2cnn(C)c2)c1=O. The summed E-state index contributed by atoms with van der Waals surface area (Å²) in [4.78, 5) is 23.9. The van der Waals surface area contributed by atoms with Crippen LogP contribution in [0.1, 0.15) is 12.5 Å². The minimum atomic E-state index is -0.464. The largest absolute Gasteiger partial charge is 0.393 e. The van der Waals surface area contributed by atoms with Crippen molar-refractivity contribution in [1.29, 1.82) is 0 Å². The molecule has 0 aliphatic rings. The van der Waals surface area contributed by atoms with E-state index >= 15 is 0 Å². The van der Waals surface area contributed by atoms with Crippen LogP contribution in [0, 0.1) is 0 Å². The van der Waals surface area contributed by atoms with Crippen LogP contribution in [0.3, 0.4) is 0 Å². The summed E-state index contributed by atoms with van der Waals surface area (Å²) >= 11 is 0. The molecular formula is C11H15N5O2. The summed E-state index contributed by atoms with van der Waals surface area (Å²) in [5.41, 5.74) is 5.64. The molecule has 0 unspecified atom stereocenters. The number of aromatic nitrogens is 4. The molecule has 0 spiro atoms. The van der Waals surface area contributed by atoms with Crippen molar-refractivity contribution < 1.29 is 0 Å². The normalized spacial score (nSPS) is 10.8. The Morgan fingerprint density at radius 3 is 2.61 bits per heavy atom. The lowest BCUT2D eigenvalue weighted by atomic mass is 10.3. The fourth-order valence-electron chi connectivity index (χ4n) is 1.78. The van der Waals surface area contributed by atoms with E-state index in [2.05, 4.69) is 5.10 Å². The van der Waals surface area contributed by atoms with Gasteiger partial charge in [-0.15, -0.1) is 0 Å². The van der Waals surface area contributed by atoms with Crippen molar-refractivity contribution in [3.63, 3.8) is 0 Å². The Morgan fingerprint density at radius 1 is 1.33 bits per heavy atom. The van der Waals surface area contributed by atoms with E-state index in [1.165, 1.54) is 10.8 Å². The third-order valence-corrected chi connectivity index (χ3v) is 2.70. The van der Waals surface area contributed by atoms with Crippen LogP contribution in [0.5, 0.6) is 0 Å². The van der Waals surface area contributed by atoms with Gasteiger partial charge in [0.25, 0.3) is 5.56 Å². The van der Waals surface area contributed by atoms with Gasteiger partial charge in [-0.25, -0.2) is 4.79 Å². The van der Waals surface area contributed by atoms with Crippen LogP contribution in [0.4, 0.5) is 5.69 Å². The summed E-state index contributed by atoms with van der Waals surface area (Å²) in [5, 5.41) is 4.00. The Hall–Kier alpha value is -2.31. The van der Waals surface area contributed by atoms with Gasteiger partial charge < -0.3 is 5.73 Å². The van der Waals surface area contributed by atoms with Crippen molar-refractivity contribution in [2.45, 2.75) is 20.0 Å². The zero-order chi connectivity index (χ0) is 13.3. The summed E-state index contributed by atoms with van der Waals surface area (Å²) in [6.45, 7) is 2.46. The lowest BCUT2D eigenvalue weighted by Gasteiger charge is -2.08. The van der Waals surface area contributed by atoms with Crippen molar-refractivity contribution in [2.24, 2.45) is 7.05 Å². The highest BCUT2D eigenvalue weighted by Gasteiger charge is 2.09. The molecule has 2 aromatic heterocycles. The number of anilines is 1. The molecule has 2 heterocycles. The minimum Gasteiger partial charge on any atom is -0.393 e. The van der Waals surface area contributed by atoms with Gasteiger partial charge in [0.05, 0.1) is 12.7 Å². The van der Waals surface area contributed by atoms with Crippen LogP contribution < -0.4 is 17.0 Å². The van der Waals surface area contributed by atoms with Crippen molar-refractivity contribution in [3.8, 4) is 0 Å². The molecule has 0 aliphatic heterocycles. The zero-order valence-corrected chi connectivity index (χ0v) is 10.3. The fourth-order valence-corrected chi connectivity index (χ4v) is 1.78. The maximum absolute atomic E-state index is 12.0. The van der Waals surface area contributed by atoms with Crippen LogP contribution in [0.25, 0.3) is 0 Å². The molecule has 0 aliphatic carbocycles. The standard InChI is InChI=1S/C11H15N5O2/c1-3-15-7-9(12)10(17)16(11(15)18)6-8-4-13-14(2)5-8/h4-5,7H,3,6,12H2,1-2H3. The van der Waals surface area contributed by atoms with E-state index in [9.17, 15) is 9.59 Å². The Balaban J connectivity index is 2.53. The third kappa shape index (κ3) is 2.06. The molecule has 2 rings (SSSR count). The summed E-state index contributed by atoms with van der Waals surface area (Å²) in [6, 6.07) is 0.